The van der Waals surface area contributed by atoms with Crippen LogP contribution in [0.1, 0.15) is 27.7 Å². The zero-order valence-electron chi connectivity index (χ0n) is 14.3. The van der Waals surface area contributed by atoms with Crippen molar-refractivity contribution in [3.63, 3.8) is 0 Å². The molecule has 0 bridgehead atoms. The maximum absolute atomic E-state index is 6.18. The zero-order valence-corrected chi connectivity index (χ0v) is 14.3. The van der Waals surface area contributed by atoms with Crippen LogP contribution in [-0.4, -0.2) is 33.3 Å². The molecule has 1 aliphatic heterocycles. The third kappa shape index (κ3) is 2.34. The van der Waals surface area contributed by atoms with Crippen LogP contribution in [0.15, 0.2) is 43.0 Å². The van der Waals surface area contributed by atoms with Crippen molar-refractivity contribution in [2.24, 2.45) is 0 Å². The third-order valence-electron chi connectivity index (χ3n) is 5.07. The molecule has 3 aromatic heterocycles. The highest BCUT2D eigenvalue weighted by molar-refractivity contribution is 6.65. The van der Waals surface area contributed by atoms with E-state index in [-0.39, 0.29) is 11.2 Å². The SMILES string of the molecule is CC1(C)OB(c2c[nH]c3ncc(-c4cccnc4)cc23)OC1(C)C. The molecule has 3 aromatic rings. The molecule has 6 heteroatoms. The molecule has 0 radical (unpaired) electrons. The van der Waals surface area contributed by atoms with Gasteiger partial charge in [-0.15, -0.1) is 0 Å². The van der Waals surface area contributed by atoms with Crippen molar-refractivity contribution in [2.75, 3.05) is 0 Å². The minimum Gasteiger partial charge on any atom is -0.399 e. The summed E-state index contributed by atoms with van der Waals surface area (Å²) in [4.78, 5) is 11.9. The standard InChI is InChI=1S/C18H20BN3O2/c1-17(2)18(3,4)24-19(23-17)15-11-22-16-14(15)8-13(10-21-16)12-6-5-7-20-9-12/h5-11H,1-4H3,(H,21,22). The minimum atomic E-state index is -0.408. The summed E-state index contributed by atoms with van der Waals surface area (Å²) < 4.78 is 12.4. The van der Waals surface area contributed by atoms with E-state index in [1.54, 1.807) is 6.20 Å². The Bertz CT molecular complexity index is 874. The summed E-state index contributed by atoms with van der Waals surface area (Å²) in [6.07, 6.45) is 7.38. The Hall–Kier alpha value is -2.18. The van der Waals surface area contributed by atoms with Crippen LogP contribution in [0.4, 0.5) is 0 Å². The van der Waals surface area contributed by atoms with Gasteiger partial charge in [-0.25, -0.2) is 4.98 Å². The third-order valence-corrected chi connectivity index (χ3v) is 5.07. The van der Waals surface area contributed by atoms with Crippen LogP contribution in [0.2, 0.25) is 0 Å². The van der Waals surface area contributed by atoms with E-state index < -0.39 is 7.12 Å². The number of H-pyrrole nitrogens is 1. The van der Waals surface area contributed by atoms with Crippen molar-refractivity contribution in [3.05, 3.63) is 43.0 Å². The average molecular weight is 321 g/mol. The van der Waals surface area contributed by atoms with E-state index in [0.29, 0.717) is 0 Å². The topological polar surface area (TPSA) is 60.0 Å². The molecule has 24 heavy (non-hydrogen) atoms. The lowest BCUT2D eigenvalue weighted by Gasteiger charge is -2.32. The molecule has 1 N–H and O–H groups in total. The van der Waals surface area contributed by atoms with Crippen LogP contribution in [0, 0.1) is 0 Å². The quantitative estimate of drug-likeness (QED) is 0.737. The normalized spacial score (nSPS) is 19.1. The van der Waals surface area contributed by atoms with Crippen molar-refractivity contribution in [3.8, 4) is 11.1 Å². The Balaban J connectivity index is 1.78. The molecule has 5 nitrogen and oxygen atoms in total. The molecule has 0 amide bonds. The summed E-state index contributed by atoms with van der Waals surface area (Å²) in [6, 6.07) is 6.05. The molecule has 1 saturated heterocycles. The molecule has 122 valence electrons. The maximum atomic E-state index is 6.18. The molecular formula is C18H20BN3O2. The molecule has 1 fully saturated rings. The Kier molecular flexibility index (Phi) is 3.30. The predicted octanol–water partition coefficient (Wildman–Crippen LogP) is 2.92. The van der Waals surface area contributed by atoms with Gasteiger partial charge in [-0.3, -0.25) is 4.98 Å². The Labute approximate surface area is 141 Å². The fourth-order valence-electron chi connectivity index (χ4n) is 2.88. The summed E-state index contributed by atoms with van der Waals surface area (Å²) in [6.45, 7) is 8.23. The van der Waals surface area contributed by atoms with E-state index in [1.807, 2.05) is 30.7 Å². The zero-order chi connectivity index (χ0) is 16.9. The maximum Gasteiger partial charge on any atom is 0.497 e. The number of nitrogens with zero attached hydrogens (tertiary/aromatic N) is 2. The first-order valence-corrected chi connectivity index (χ1v) is 8.10. The Morgan fingerprint density at radius 3 is 2.46 bits per heavy atom. The summed E-state index contributed by atoms with van der Waals surface area (Å²) in [5, 5.41) is 1.01. The lowest BCUT2D eigenvalue weighted by atomic mass is 9.79. The van der Waals surface area contributed by atoms with Gasteiger partial charge in [-0.2, -0.15) is 0 Å². The number of hydrogen-bond acceptors (Lipinski definition) is 4. The Morgan fingerprint density at radius 1 is 1.04 bits per heavy atom. The van der Waals surface area contributed by atoms with Crippen molar-refractivity contribution < 1.29 is 9.31 Å². The van der Waals surface area contributed by atoms with Crippen LogP contribution in [0.25, 0.3) is 22.2 Å². The number of fused-ring (bicyclic) bond motifs is 1. The molecule has 1 aliphatic rings. The number of rotatable bonds is 2. The number of hydrogen-bond donors (Lipinski definition) is 1. The molecule has 4 rings (SSSR count). The largest absolute Gasteiger partial charge is 0.497 e. The van der Waals surface area contributed by atoms with Crippen LogP contribution in [-0.2, 0) is 9.31 Å². The minimum absolute atomic E-state index is 0.365. The molecule has 0 unspecified atom stereocenters. The lowest BCUT2D eigenvalue weighted by molar-refractivity contribution is 0.00578. The molecular weight excluding hydrogens is 301 g/mol. The number of pyridine rings is 2. The van der Waals surface area contributed by atoms with Gasteiger partial charge >= 0.3 is 7.12 Å². The summed E-state index contributed by atoms with van der Waals surface area (Å²) >= 11 is 0. The first-order chi connectivity index (χ1) is 11.4. The van der Waals surface area contributed by atoms with E-state index in [4.69, 9.17) is 9.31 Å². The van der Waals surface area contributed by atoms with Gasteiger partial charge in [0.05, 0.1) is 11.2 Å². The second kappa shape index (κ2) is 5.16. The van der Waals surface area contributed by atoms with Gasteiger partial charge in [0.25, 0.3) is 0 Å². The second-order valence-corrected chi connectivity index (χ2v) is 7.19. The smallest absolute Gasteiger partial charge is 0.399 e. The van der Waals surface area contributed by atoms with Crippen LogP contribution in [0.5, 0.6) is 0 Å². The first-order valence-electron chi connectivity index (χ1n) is 8.10. The average Bonchev–Trinajstić information content (AvgIpc) is 3.06. The summed E-state index contributed by atoms with van der Waals surface area (Å²) in [5.41, 5.74) is 3.13. The first kappa shape index (κ1) is 15.4. The second-order valence-electron chi connectivity index (χ2n) is 7.19. The van der Waals surface area contributed by atoms with Gasteiger partial charge in [-0.05, 0) is 39.8 Å². The van der Waals surface area contributed by atoms with E-state index >= 15 is 0 Å². The van der Waals surface area contributed by atoms with E-state index in [1.165, 1.54) is 0 Å². The van der Waals surface area contributed by atoms with Crippen molar-refractivity contribution in [1.82, 2.24) is 15.0 Å². The van der Waals surface area contributed by atoms with Crippen molar-refractivity contribution in [1.29, 1.82) is 0 Å². The van der Waals surface area contributed by atoms with E-state index in [0.717, 1.165) is 27.6 Å². The number of aromatic nitrogens is 3. The van der Waals surface area contributed by atoms with Gasteiger partial charge in [-0.1, -0.05) is 6.07 Å². The Morgan fingerprint density at radius 2 is 1.79 bits per heavy atom. The highest BCUT2D eigenvalue weighted by Gasteiger charge is 2.52. The van der Waals surface area contributed by atoms with Gasteiger partial charge in [0.15, 0.2) is 0 Å². The molecule has 0 atom stereocenters. The van der Waals surface area contributed by atoms with Crippen molar-refractivity contribution >= 4 is 23.6 Å². The van der Waals surface area contributed by atoms with Gasteiger partial charge < -0.3 is 14.3 Å². The monoisotopic (exact) mass is 321 g/mol. The molecule has 0 aromatic carbocycles. The fraction of sp³-hybridized carbons (Fsp3) is 0.333. The number of nitrogens with one attached hydrogen (secondary N) is 1. The van der Waals surface area contributed by atoms with Crippen LogP contribution < -0.4 is 5.46 Å². The van der Waals surface area contributed by atoms with Gasteiger partial charge in [0, 0.05) is 46.8 Å². The highest BCUT2D eigenvalue weighted by Crippen LogP contribution is 2.37. The van der Waals surface area contributed by atoms with Gasteiger partial charge in [0.2, 0.25) is 0 Å². The lowest BCUT2D eigenvalue weighted by Crippen LogP contribution is -2.41. The fourth-order valence-corrected chi connectivity index (χ4v) is 2.88. The number of aromatic amines is 1. The predicted molar refractivity (Wildman–Crippen MR) is 95.0 cm³/mol. The van der Waals surface area contributed by atoms with Crippen LogP contribution in [0.3, 0.4) is 0 Å². The molecule has 0 aliphatic carbocycles. The molecule has 0 spiro atoms. The van der Waals surface area contributed by atoms with Gasteiger partial charge in [0.1, 0.15) is 5.65 Å². The summed E-state index contributed by atoms with van der Waals surface area (Å²) in [7, 11) is -0.408. The molecule has 4 heterocycles. The summed E-state index contributed by atoms with van der Waals surface area (Å²) in [5.74, 6) is 0. The van der Waals surface area contributed by atoms with E-state index in [2.05, 4.69) is 48.7 Å². The molecule has 0 saturated carbocycles. The van der Waals surface area contributed by atoms with Crippen LogP contribution >= 0.6 is 0 Å². The highest BCUT2D eigenvalue weighted by atomic mass is 16.7. The van der Waals surface area contributed by atoms with Crippen molar-refractivity contribution in [2.45, 2.75) is 38.9 Å². The van der Waals surface area contributed by atoms with E-state index in [9.17, 15) is 0 Å².